The minimum absolute atomic E-state index is 0.0793. The van der Waals surface area contributed by atoms with Gasteiger partial charge in [0.05, 0.1) is 21.4 Å². The normalized spacial score (nSPS) is 18.6. The molecule has 0 radical (unpaired) electrons. The summed E-state index contributed by atoms with van der Waals surface area (Å²) in [4.78, 5) is 43.7. The van der Waals surface area contributed by atoms with Gasteiger partial charge >= 0.3 is 0 Å². The molecule has 0 unspecified atom stereocenters. The molecule has 0 spiro atoms. The fourth-order valence-electron chi connectivity index (χ4n) is 7.47. The number of anilines is 1. The van der Waals surface area contributed by atoms with Crippen LogP contribution in [-0.4, -0.2) is 42.6 Å². The van der Waals surface area contributed by atoms with Crippen LogP contribution in [0.5, 0.6) is 11.5 Å². The summed E-state index contributed by atoms with van der Waals surface area (Å²) < 4.78 is 12.6. The van der Waals surface area contributed by atoms with Gasteiger partial charge in [0, 0.05) is 47.8 Å². The van der Waals surface area contributed by atoms with E-state index < -0.39 is 5.92 Å². The highest BCUT2D eigenvalue weighted by atomic mass is 127. The molecule has 3 aromatic carbocycles. The summed E-state index contributed by atoms with van der Waals surface area (Å²) in [5, 5.41) is 3.21. The number of nitrogens with one attached hydrogen (secondary N) is 1. The topological polar surface area (TPSA) is 84.9 Å². The van der Waals surface area contributed by atoms with E-state index in [4.69, 9.17) is 21.1 Å². The zero-order valence-corrected chi connectivity index (χ0v) is 31.5. The summed E-state index contributed by atoms with van der Waals surface area (Å²) >= 11 is 8.40. The third-order valence-electron chi connectivity index (χ3n) is 9.57. The van der Waals surface area contributed by atoms with Crippen LogP contribution in [0.3, 0.4) is 0 Å². The molecule has 3 aromatic rings. The van der Waals surface area contributed by atoms with E-state index >= 15 is 0 Å². The largest absolute Gasteiger partial charge is 0.493 e. The summed E-state index contributed by atoms with van der Waals surface area (Å²) in [5.74, 6) is 0.109. The second-order valence-corrected chi connectivity index (χ2v) is 16.3. The first-order chi connectivity index (χ1) is 23.3. The van der Waals surface area contributed by atoms with Crippen molar-refractivity contribution < 1.29 is 23.9 Å². The molecule has 0 aromatic heterocycles. The molecule has 0 saturated carbocycles. The van der Waals surface area contributed by atoms with Gasteiger partial charge in [0.15, 0.2) is 29.7 Å². The summed E-state index contributed by atoms with van der Waals surface area (Å²) in [6.45, 7) is 9.03. The Bertz CT molecular complexity index is 1830. The maximum atomic E-state index is 14.3. The Balaban J connectivity index is 1.41. The molecular weight excluding hydrogens is 751 g/mol. The fraction of sp³-hybridized carbons (Fsp3) is 0.375. The van der Waals surface area contributed by atoms with E-state index in [2.05, 4.69) is 72.6 Å². The molecule has 0 bridgehead atoms. The average Bonchev–Trinajstić information content (AvgIpc) is 3.03. The number of Topliss-reactive ketones (excluding diaryl/α,β-unsaturated/α-hetero) is 2. The molecule has 1 aliphatic heterocycles. The third kappa shape index (κ3) is 7.45. The van der Waals surface area contributed by atoms with Gasteiger partial charge < -0.3 is 19.7 Å². The molecule has 9 heteroatoms. The van der Waals surface area contributed by atoms with E-state index in [0.29, 0.717) is 56.3 Å². The van der Waals surface area contributed by atoms with Crippen LogP contribution in [0.1, 0.15) is 70.4 Å². The van der Waals surface area contributed by atoms with Crippen LogP contribution in [-0.2, 0) is 20.8 Å². The van der Waals surface area contributed by atoms with Crippen molar-refractivity contribution in [2.24, 2.45) is 10.8 Å². The van der Waals surface area contributed by atoms with Crippen molar-refractivity contribution in [3.63, 3.8) is 0 Å². The number of nitrogens with zero attached hydrogens (tertiary/aromatic N) is 1. The van der Waals surface area contributed by atoms with Crippen molar-refractivity contribution in [1.29, 1.82) is 0 Å². The van der Waals surface area contributed by atoms with Crippen LogP contribution in [0.2, 0.25) is 5.02 Å². The molecule has 256 valence electrons. The van der Waals surface area contributed by atoms with Crippen LogP contribution in [0, 0.1) is 14.4 Å². The second-order valence-electron chi connectivity index (χ2n) is 14.8. The number of allylic oxidation sites excluding steroid dienone is 4. The second kappa shape index (κ2) is 13.9. The molecule has 7 nitrogen and oxygen atoms in total. The molecule has 1 heterocycles. The Morgan fingerprint density at radius 1 is 0.898 bits per heavy atom. The minimum Gasteiger partial charge on any atom is -0.493 e. The maximum Gasteiger partial charge on any atom is 0.262 e. The number of ether oxygens (including phenoxy) is 2. The standard InChI is InChI=1S/C40H42ClIN2O5/c1-39(2)19-29-36(31(45)21-39)35(37-30(20-40(3,4)22-32(37)46)44(29)16-15-24-11-7-6-8-12-24)25-17-27(42)38(33(18-25)48-5)49-23-34(47)43-28-14-10-9-13-26(28)41/h6-14,17-18,35H,15-16,19-23H2,1-5H3,(H,43,47). The minimum atomic E-state index is -0.523. The monoisotopic (exact) mass is 792 g/mol. The first-order valence-corrected chi connectivity index (χ1v) is 18.1. The van der Waals surface area contributed by atoms with Gasteiger partial charge in [-0.1, -0.05) is 81.8 Å². The summed E-state index contributed by atoms with van der Waals surface area (Å²) in [6.07, 6.45) is 3.09. The fourth-order valence-corrected chi connectivity index (χ4v) is 8.43. The lowest BCUT2D eigenvalue weighted by molar-refractivity contribution is -0.120. The van der Waals surface area contributed by atoms with Gasteiger partial charge in [-0.25, -0.2) is 0 Å². The molecule has 1 amide bonds. The predicted octanol–water partition coefficient (Wildman–Crippen LogP) is 8.90. The Morgan fingerprint density at radius 3 is 2.08 bits per heavy atom. The lowest BCUT2D eigenvalue weighted by Crippen LogP contribution is -2.45. The lowest BCUT2D eigenvalue weighted by Gasteiger charge is -2.49. The molecule has 0 atom stereocenters. The SMILES string of the molecule is COc1cc(C2C3=C(CC(C)(C)CC3=O)N(CCc3ccccc3)C3=C2C(=O)CC(C)(C)C3)cc(I)c1OCC(=O)Nc1ccccc1Cl. The number of methoxy groups -OCH3 is 1. The van der Waals surface area contributed by atoms with Crippen molar-refractivity contribution >= 4 is 57.4 Å². The molecule has 3 aliphatic rings. The number of halogens is 2. The highest BCUT2D eigenvalue weighted by Crippen LogP contribution is 2.55. The smallest absolute Gasteiger partial charge is 0.262 e. The molecule has 49 heavy (non-hydrogen) atoms. The van der Waals surface area contributed by atoms with Crippen molar-refractivity contribution in [3.8, 4) is 11.5 Å². The van der Waals surface area contributed by atoms with E-state index in [0.717, 1.165) is 36.2 Å². The predicted molar refractivity (Wildman–Crippen MR) is 201 cm³/mol. The quantitative estimate of drug-likeness (QED) is 0.218. The summed E-state index contributed by atoms with van der Waals surface area (Å²) in [6, 6.07) is 21.2. The zero-order valence-electron chi connectivity index (χ0n) is 28.6. The van der Waals surface area contributed by atoms with Crippen LogP contribution in [0.15, 0.2) is 89.3 Å². The molecule has 6 rings (SSSR count). The number of hydrogen-bond acceptors (Lipinski definition) is 6. The van der Waals surface area contributed by atoms with Crippen molar-refractivity contribution in [2.75, 3.05) is 25.6 Å². The van der Waals surface area contributed by atoms with Crippen LogP contribution >= 0.6 is 34.2 Å². The number of carbonyl (C=O) groups excluding carboxylic acids is 3. The van der Waals surface area contributed by atoms with Gasteiger partial charge in [-0.15, -0.1) is 0 Å². The molecule has 0 saturated heterocycles. The highest BCUT2D eigenvalue weighted by molar-refractivity contribution is 14.1. The number of benzene rings is 3. The molecule has 1 N–H and O–H groups in total. The zero-order chi connectivity index (χ0) is 35.1. The Morgan fingerprint density at radius 2 is 1.49 bits per heavy atom. The number of carbonyl (C=O) groups is 3. The number of para-hydroxylation sites is 1. The number of hydrogen-bond donors (Lipinski definition) is 1. The number of rotatable bonds is 9. The van der Waals surface area contributed by atoms with Gasteiger partial charge in [0.2, 0.25) is 0 Å². The summed E-state index contributed by atoms with van der Waals surface area (Å²) in [5.41, 5.74) is 5.56. The van der Waals surface area contributed by atoms with Gasteiger partial charge in [0.1, 0.15) is 0 Å². The van der Waals surface area contributed by atoms with Crippen LogP contribution in [0.25, 0.3) is 0 Å². The van der Waals surface area contributed by atoms with Gasteiger partial charge in [-0.05, 0) is 88.1 Å². The number of amides is 1. The average molecular weight is 793 g/mol. The highest BCUT2D eigenvalue weighted by Gasteiger charge is 2.49. The summed E-state index contributed by atoms with van der Waals surface area (Å²) in [7, 11) is 1.55. The molecule has 2 aliphatic carbocycles. The van der Waals surface area contributed by atoms with Crippen molar-refractivity contribution in [1.82, 2.24) is 4.90 Å². The Labute approximate surface area is 307 Å². The van der Waals surface area contributed by atoms with E-state index in [-0.39, 0.29) is 34.9 Å². The molecule has 0 fully saturated rings. The maximum absolute atomic E-state index is 14.3. The first-order valence-electron chi connectivity index (χ1n) is 16.7. The van der Waals surface area contributed by atoms with Crippen LogP contribution in [0.4, 0.5) is 5.69 Å². The Hall–Kier alpha value is -3.63. The van der Waals surface area contributed by atoms with Gasteiger partial charge in [0.25, 0.3) is 5.91 Å². The van der Waals surface area contributed by atoms with E-state index in [1.54, 1.807) is 31.4 Å². The third-order valence-corrected chi connectivity index (χ3v) is 10.7. The van der Waals surface area contributed by atoms with Crippen molar-refractivity contribution in [3.05, 3.63) is 109 Å². The van der Waals surface area contributed by atoms with E-state index in [1.807, 2.05) is 30.3 Å². The van der Waals surface area contributed by atoms with Gasteiger partial charge in [-0.2, -0.15) is 0 Å². The van der Waals surface area contributed by atoms with Crippen LogP contribution < -0.4 is 14.8 Å². The van der Waals surface area contributed by atoms with E-state index in [1.165, 1.54) is 5.56 Å². The van der Waals surface area contributed by atoms with Crippen molar-refractivity contribution in [2.45, 2.75) is 65.7 Å². The van der Waals surface area contributed by atoms with E-state index in [9.17, 15) is 14.4 Å². The Kier molecular flexibility index (Phi) is 10.0. The van der Waals surface area contributed by atoms with Gasteiger partial charge in [-0.3, -0.25) is 14.4 Å². The molecular formula is C40H42ClIN2O5. The lowest BCUT2D eigenvalue weighted by atomic mass is 9.63. The number of ketones is 2. The first kappa shape index (κ1) is 35.2.